The van der Waals surface area contributed by atoms with E-state index in [1.165, 1.54) is 63.5 Å². The number of imidazole rings is 1. The van der Waals surface area contributed by atoms with Crippen molar-refractivity contribution in [3.05, 3.63) is 42.5 Å². The molecule has 0 amide bonds. The summed E-state index contributed by atoms with van der Waals surface area (Å²) in [4.78, 5) is 4.41. The van der Waals surface area contributed by atoms with E-state index in [0.29, 0.717) is 11.2 Å². The molecule has 0 saturated carbocycles. The molecule has 0 aliphatic heterocycles. The first-order chi connectivity index (χ1) is 15.4. The topological polar surface area (TPSA) is 101 Å². The van der Waals surface area contributed by atoms with Crippen LogP contribution in [0.5, 0.6) is 0 Å². The highest BCUT2D eigenvalue weighted by Gasteiger charge is 2.14. The van der Waals surface area contributed by atoms with Crippen molar-refractivity contribution in [1.82, 2.24) is 9.55 Å². The van der Waals surface area contributed by atoms with Gasteiger partial charge >= 0.3 is 0 Å². The van der Waals surface area contributed by atoms with Crippen LogP contribution >= 0.6 is 0 Å². The van der Waals surface area contributed by atoms with Crippen molar-refractivity contribution in [3.8, 4) is 11.4 Å². The van der Waals surface area contributed by atoms with Crippen LogP contribution in [0, 0.1) is 0 Å². The molecule has 2 aromatic carbocycles. The molecule has 0 fully saturated rings. The molecule has 0 bridgehead atoms. The number of unbranched alkanes of at least 4 members (excludes halogenated alkanes) is 9. The Labute approximate surface area is 191 Å². The van der Waals surface area contributed by atoms with Gasteiger partial charge in [0.05, 0.1) is 15.9 Å². The smallest absolute Gasteiger partial charge is 0.141 e. The lowest BCUT2D eigenvalue weighted by atomic mass is 10.1. The van der Waals surface area contributed by atoms with Gasteiger partial charge in [-0.2, -0.15) is 0 Å². The average molecular weight is 457 g/mol. The number of benzene rings is 2. The number of aromatic nitrogens is 2. The van der Waals surface area contributed by atoms with Gasteiger partial charge in [-0.15, -0.1) is 0 Å². The second-order valence-electron chi connectivity index (χ2n) is 8.50. The van der Waals surface area contributed by atoms with Gasteiger partial charge in [-0.3, -0.25) is 0 Å². The third-order valence-electron chi connectivity index (χ3n) is 5.89. The molecule has 32 heavy (non-hydrogen) atoms. The van der Waals surface area contributed by atoms with Crippen LogP contribution in [0.4, 0.5) is 5.69 Å². The zero-order valence-electron chi connectivity index (χ0n) is 18.9. The Morgan fingerprint density at radius 2 is 1.56 bits per heavy atom. The van der Waals surface area contributed by atoms with Crippen LogP contribution in [0.2, 0.25) is 0 Å². The summed E-state index contributed by atoms with van der Waals surface area (Å²) in [5.41, 5.74) is 8.82. The van der Waals surface area contributed by atoms with Gasteiger partial charge in [0.1, 0.15) is 15.9 Å². The lowest BCUT2D eigenvalue weighted by Gasteiger charge is -2.11. The van der Waals surface area contributed by atoms with Gasteiger partial charge in [0.2, 0.25) is 0 Å². The lowest BCUT2D eigenvalue weighted by Crippen LogP contribution is -2.02. The quantitative estimate of drug-likeness (QED) is 0.190. The van der Waals surface area contributed by atoms with Crippen molar-refractivity contribution in [2.75, 3.05) is 5.73 Å². The molecule has 7 heteroatoms. The number of anilines is 1. The summed E-state index contributed by atoms with van der Waals surface area (Å²) >= 11 is 0. The third kappa shape index (κ3) is 6.56. The number of rotatable bonds is 13. The highest BCUT2D eigenvalue weighted by atomic mass is 32.2. The third-order valence-corrected chi connectivity index (χ3v) is 6.72. The lowest BCUT2D eigenvalue weighted by molar-refractivity contribution is 0.463. The Morgan fingerprint density at radius 3 is 2.19 bits per heavy atom. The van der Waals surface area contributed by atoms with Crippen LogP contribution in [0.1, 0.15) is 71.1 Å². The molecule has 3 rings (SSSR count). The van der Waals surface area contributed by atoms with E-state index >= 15 is 0 Å². The van der Waals surface area contributed by atoms with Crippen LogP contribution in [-0.4, -0.2) is 22.5 Å². The van der Waals surface area contributed by atoms with Crippen molar-refractivity contribution in [2.45, 2.75) is 82.6 Å². The Bertz CT molecular complexity index is 1120. The fraction of sp³-hybridized carbons (Fsp3) is 0.480. The molecule has 0 radical (unpaired) electrons. The zero-order chi connectivity index (χ0) is 23.0. The van der Waals surface area contributed by atoms with Crippen molar-refractivity contribution in [3.63, 3.8) is 0 Å². The fourth-order valence-electron chi connectivity index (χ4n) is 4.15. The molecule has 174 valence electrons. The highest BCUT2D eigenvalue weighted by molar-refractivity contribution is 7.85. The van der Waals surface area contributed by atoms with Crippen LogP contribution < -0.4 is 5.73 Å². The van der Waals surface area contributed by atoms with Gasteiger partial charge in [-0.1, -0.05) is 76.8 Å². The Morgan fingerprint density at radius 1 is 0.906 bits per heavy atom. The SMILES string of the molecule is CCCCCCCCCCCCn1c(-c2cccc(N)c2)nc2cc(S(=O)(=O)[O-])ccc21. The molecule has 6 nitrogen and oxygen atoms in total. The minimum absolute atomic E-state index is 0.257. The molecular formula is C25H34N3O3S-. The molecule has 0 spiro atoms. The van der Waals surface area contributed by atoms with E-state index in [-0.39, 0.29) is 4.90 Å². The number of nitrogen functional groups attached to an aromatic ring is 1. The predicted octanol–water partition coefficient (Wildman–Crippen LogP) is 6.11. The molecule has 0 saturated heterocycles. The summed E-state index contributed by atoms with van der Waals surface area (Å²) in [7, 11) is -4.53. The standard InChI is InChI=1S/C25H35N3O3S/c1-2-3-4-5-6-7-8-9-10-11-17-28-24-16-15-22(32(29,30)31)19-23(24)27-25(28)20-13-12-14-21(26)18-20/h12-16,18-19H,2-11,17,26H2,1H3,(H,29,30,31)/p-1. The van der Waals surface area contributed by atoms with E-state index in [2.05, 4.69) is 16.5 Å². The molecular weight excluding hydrogens is 422 g/mol. The minimum atomic E-state index is -4.53. The fourth-order valence-corrected chi connectivity index (χ4v) is 4.64. The predicted molar refractivity (Wildman–Crippen MR) is 129 cm³/mol. The van der Waals surface area contributed by atoms with Crippen LogP contribution in [0.25, 0.3) is 22.4 Å². The molecule has 0 aliphatic rings. The first kappa shape index (κ1) is 24.3. The van der Waals surface area contributed by atoms with Crippen molar-refractivity contribution < 1.29 is 13.0 Å². The summed E-state index contributed by atoms with van der Waals surface area (Å²) in [6.45, 7) is 3.02. The maximum atomic E-state index is 11.4. The Balaban J connectivity index is 1.69. The molecule has 1 aromatic heterocycles. The zero-order valence-corrected chi connectivity index (χ0v) is 19.7. The number of fused-ring (bicyclic) bond motifs is 1. The van der Waals surface area contributed by atoms with E-state index in [4.69, 9.17) is 5.73 Å². The van der Waals surface area contributed by atoms with Gasteiger partial charge in [0.25, 0.3) is 0 Å². The summed E-state index contributed by atoms with van der Waals surface area (Å²) in [5, 5.41) is 0. The van der Waals surface area contributed by atoms with Crippen LogP contribution in [0.15, 0.2) is 47.4 Å². The largest absolute Gasteiger partial charge is 0.744 e. The maximum Gasteiger partial charge on any atom is 0.141 e. The molecule has 2 N–H and O–H groups in total. The summed E-state index contributed by atoms with van der Waals surface area (Å²) in [5.74, 6) is 0.740. The van der Waals surface area contributed by atoms with Crippen molar-refractivity contribution >= 4 is 26.8 Å². The Hall–Kier alpha value is -2.38. The number of nitrogens with zero attached hydrogens (tertiary/aromatic N) is 2. The van der Waals surface area contributed by atoms with E-state index < -0.39 is 10.1 Å². The van der Waals surface area contributed by atoms with Gasteiger partial charge < -0.3 is 14.9 Å². The van der Waals surface area contributed by atoms with Crippen LogP contribution in [0.3, 0.4) is 0 Å². The first-order valence-electron chi connectivity index (χ1n) is 11.7. The molecule has 1 heterocycles. The van der Waals surface area contributed by atoms with Gasteiger partial charge in [0.15, 0.2) is 0 Å². The second-order valence-corrected chi connectivity index (χ2v) is 9.88. The molecule has 0 unspecified atom stereocenters. The number of hydrogen-bond acceptors (Lipinski definition) is 5. The number of nitrogens with two attached hydrogens (primary N) is 1. The van der Waals surface area contributed by atoms with E-state index in [9.17, 15) is 13.0 Å². The summed E-state index contributed by atoms with van der Waals surface area (Å²) < 4.78 is 36.4. The normalized spacial score (nSPS) is 11.9. The number of aryl methyl sites for hydroxylation is 1. The molecule has 3 aromatic rings. The van der Waals surface area contributed by atoms with Crippen molar-refractivity contribution in [2.24, 2.45) is 0 Å². The van der Waals surface area contributed by atoms with E-state index in [1.807, 2.05) is 24.3 Å². The van der Waals surface area contributed by atoms with Crippen LogP contribution in [-0.2, 0) is 16.7 Å². The highest BCUT2D eigenvalue weighted by Crippen LogP contribution is 2.28. The van der Waals surface area contributed by atoms with Gasteiger partial charge in [0, 0.05) is 17.8 Å². The summed E-state index contributed by atoms with van der Waals surface area (Å²) in [6, 6.07) is 11.9. The number of hydrogen-bond donors (Lipinski definition) is 1. The van der Waals surface area contributed by atoms with Gasteiger partial charge in [-0.05, 0) is 36.8 Å². The monoisotopic (exact) mass is 456 g/mol. The molecule has 0 atom stereocenters. The minimum Gasteiger partial charge on any atom is -0.744 e. The summed E-state index contributed by atoms with van der Waals surface area (Å²) in [6.07, 6.45) is 12.6. The second kappa shape index (κ2) is 11.5. The Kier molecular flexibility index (Phi) is 8.70. The average Bonchev–Trinajstić information content (AvgIpc) is 3.12. The van der Waals surface area contributed by atoms with Gasteiger partial charge in [-0.25, -0.2) is 13.4 Å². The van der Waals surface area contributed by atoms with E-state index in [0.717, 1.165) is 36.3 Å². The van der Waals surface area contributed by atoms with Crippen molar-refractivity contribution in [1.29, 1.82) is 0 Å². The van der Waals surface area contributed by atoms with E-state index in [1.54, 1.807) is 6.07 Å². The molecule has 0 aliphatic carbocycles. The maximum absolute atomic E-state index is 11.4. The first-order valence-corrected chi connectivity index (χ1v) is 13.1.